The van der Waals surface area contributed by atoms with Crippen LogP contribution in [0.4, 0.5) is 4.39 Å². The number of ether oxygens (including phenoxy) is 1. The van der Waals surface area contributed by atoms with Crippen LogP contribution in [0.5, 0.6) is 5.75 Å². The first-order valence-electron chi connectivity index (χ1n) is 8.37. The summed E-state index contributed by atoms with van der Waals surface area (Å²) in [6.07, 6.45) is 3.54. The normalized spacial score (nSPS) is 11.3. The maximum Gasteiger partial charge on any atom is 0.253 e. The van der Waals surface area contributed by atoms with Crippen molar-refractivity contribution in [2.24, 2.45) is 0 Å². The average Bonchev–Trinajstić information content (AvgIpc) is 3.31. The molecule has 0 bridgehead atoms. The smallest absolute Gasteiger partial charge is 0.253 e. The number of halogens is 1. The molecule has 0 saturated heterocycles. The van der Waals surface area contributed by atoms with E-state index in [1.54, 1.807) is 22.8 Å². The standard InChI is InChI=1S/C20H14FN5O/c1-27-18-10-12(21)6-7-14(18)17-8-9-22-20-24-19(25-26(17)20)15-11-23-16-5-3-2-4-13(15)16/h2-11,23H,1H3. The third-order valence-electron chi connectivity index (χ3n) is 4.51. The van der Waals surface area contributed by atoms with Crippen molar-refractivity contribution >= 4 is 16.7 Å². The number of H-pyrrole nitrogens is 1. The molecule has 0 aliphatic heterocycles. The van der Waals surface area contributed by atoms with Crippen molar-refractivity contribution in [1.29, 1.82) is 0 Å². The molecule has 0 atom stereocenters. The topological polar surface area (TPSA) is 68.1 Å². The van der Waals surface area contributed by atoms with E-state index in [-0.39, 0.29) is 5.82 Å². The minimum Gasteiger partial charge on any atom is -0.496 e. The molecule has 0 aliphatic rings. The Labute approximate surface area is 153 Å². The highest BCUT2D eigenvalue weighted by Gasteiger charge is 2.16. The largest absolute Gasteiger partial charge is 0.496 e. The van der Waals surface area contributed by atoms with Crippen molar-refractivity contribution in [2.75, 3.05) is 7.11 Å². The zero-order chi connectivity index (χ0) is 18.4. The third kappa shape index (κ3) is 2.43. The van der Waals surface area contributed by atoms with E-state index in [4.69, 9.17) is 4.74 Å². The van der Waals surface area contributed by atoms with Gasteiger partial charge in [0, 0.05) is 40.5 Å². The minimum atomic E-state index is -0.362. The quantitative estimate of drug-likeness (QED) is 0.527. The summed E-state index contributed by atoms with van der Waals surface area (Å²) in [6.45, 7) is 0. The van der Waals surface area contributed by atoms with Gasteiger partial charge < -0.3 is 9.72 Å². The molecular weight excluding hydrogens is 345 g/mol. The summed E-state index contributed by atoms with van der Waals surface area (Å²) in [5, 5.41) is 5.69. The predicted molar refractivity (Wildman–Crippen MR) is 100 cm³/mol. The molecule has 132 valence electrons. The van der Waals surface area contributed by atoms with Gasteiger partial charge in [-0.1, -0.05) is 18.2 Å². The molecule has 0 saturated carbocycles. The highest BCUT2D eigenvalue weighted by atomic mass is 19.1. The Morgan fingerprint density at radius 2 is 1.96 bits per heavy atom. The summed E-state index contributed by atoms with van der Waals surface area (Å²) in [7, 11) is 1.51. The van der Waals surface area contributed by atoms with Crippen LogP contribution in [-0.2, 0) is 0 Å². The molecule has 2 aromatic carbocycles. The van der Waals surface area contributed by atoms with Crippen LogP contribution < -0.4 is 4.74 Å². The molecule has 3 aromatic heterocycles. The fourth-order valence-corrected chi connectivity index (χ4v) is 3.25. The monoisotopic (exact) mass is 359 g/mol. The molecule has 7 heteroatoms. The van der Waals surface area contributed by atoms with Gasteiger partial charge in [-0.3, -0.25) is 0 Å². The Morgan fingerprint density at radius 1 is 1.07 bits per heavy atom. The Balaban J connectivity index is 1.73. The SMILES string of the molecule is COc1cc(F)ccc1-c1ccnc2nc(-c3c[nH]c4ccccc34)nn12. The molecule has 0 amide bonds. The molecule has 5 aromatic rings. The first-order valence-corrected chi connectivity index (χ1v) is 8.37. The van der Waals surface area contributed by atoms with Gasteiger partial charge in [0.05, 0.1) is 12.8 Å². The van der Waals surface area contributed by atoms with E-state index in [0.29, 0.717) is 22.9 Å². The summed E-state index contributed by atoms with van der Waals surface area (Å²) in [5.74, 6) is 1.08. The fraction of sp³-hybridized carbons (Fsp3) is 0.0500. The van der Waals surface area contributed by atoms with E-state index in [9.17, 15) is 4.39 Å². The van der Waals surface area contributed by atoms with Crippen molar-refractivity contribution < 1.29 is 9.13 Å². The molecule has 0 unspecified atom stereocenters. The number of hydrogen-bond donors (Lipinski definition) is 1. The highest BCUT2D eigenvalue weighted by Crippen LogP contribution is 2.32. The number of benzene rings is 2. The number of nitrogens with zero attached hydrogens (tertiary/aromatic N) is 4. The van der Waals surface area contributed by atoms with E-state index in [1.807, 2.05) is 30.5 Å². The third-order valence-corrected chi connectivity index (χ3v) is 4.51. The summed E-state index contributed by atoms with van der Waals surface area (Å²) in [6, 6.07) is 14.2. The second-order valence-electron chi connectivity index (χ2n) is 6.07. The number of aromatic amines is 1. The molecule has 5 rings (SSSR count). The number of rotatable bonds is 3. The lowest BCUT2D eigenvalue weighted by molar-refractivity contribution is 0.412. The van der Waals surface area contributed by atoms with Crippen molar-refractivity contribution in [1.82, 2.24) is 24.6 Å². The van der Waals surface area contributed by atoms with Gasteiger partial charge in [-0.2, -0.15) is 9.50 Å². The van der Waals surface area contributed by atoms with E-state index >= 15 is 0 Å². The van der Waals surface area contributed by atoms with Crippen LogP contribution in [0.15, 0.2) is 60.9 Å². The molecule has 27 heavy (non-hydrogen) atoms. The maximum atomic E-state index is 13.6. The van der Waals surface area contributed by atoms with Gasteiger partial charge in [0.1, 0.15) is 11.6 Å². The average molecular weight is 359 g/mol. The van der Waals surface area contributed by atoms with Gasteiger partial charge in [-0.15, -0.1) is 5.10 Å². The summed E-state index contributed by atoms with van der Waals surface area (Å²) in [4.78, 5) is 12.1. The van der Waals surface area contributed by atoms with Gasteiger partial charge in [-0.25, -0.2) is 9.37 Å². The van der Waals surface area contributed by atoms with Crippen molar-refractivity contribution in [3.63, 3.8) is 0 Å². The molecule has 0 radical (unpaired) electrons. The Morgan fingerprint density at radius 3 is 2.85 bits per heavy atom. The molecule has 3 heterocycles. The second-order valence-corrected chi connectivity index (χ2v) is 6.07. The van der Waals surface area contributed by atoms with Crippen LogP contribution in [0.3, 0.4) is 0 Å². The lowest BCUT2D eigenvalue weighted by Gasteiger charge is -2.09. The lowest BCUT2D eigenvalue weighted by Crippen LogP contribution is -1.98. The van der Waals surface area contributed by atoms with Crippen molar-refractivity contribution in [2.45, 2.75) is 0 Å². The first-order chi connectivity index (χ1) is 13.2. The molecule has 6 nitrogen and oxygen atoms in total. The predicted octanol–water partition coefficient (Wildman–Crippen LogP) is 4.09. The number of hydrogen-bond acceptors (Lipinski definition) is 4. The Bertz CT molecular complexity index is 1290. The minimum absolute atomic E-state index is 0.362. The van der Waals surface area contributed by atoms with Crippen LogP contribution in [0.1, 0.15) is 0 Å². The van der Waals surface area contributed by atoms with Crippen molar-refractivity contribution in [3.05, 3.63) is 66.7 Å². The number of methoxy groups -OCH3 is 1. The van der Waals surface area contributed by atoms with Crippen LogP contribution >= 0.6 is 0 Å². The molecule has 0 fully saturated rings. The molecular formula is C20H14FN5O. The van der Waals surface area contributed by atoms with Crippen molar-refractivity contribution in [3.8, 4) is 28.4 Å². The van der Waals surface area contributed by atoms with E-state index in [2.05, 4.69) is 20.1 Å². The van der Waals surface area contributed by atoms with Gasteiger partial charge in [0.25, 0.3) is 5.78 Å². The first kappa shape index (κ1) is 15.5. The number of nitrogens with one attached hydrogen (secondary N) is 1. The molecule has 0 aliphatic carbocycles. The number of para-hydroxylation sites is 1. The summed E-state index contributed by atoms with van der Waals surface area (Å²) in [5.41, 5.74) is 3.34. The van der Waals surface area contributed by atoms with Crippen LogP contribution in [-0.4, -0.2) is 31.7 Å². The van der Waals surface area contributed by atoms with Crippen LogP contribution in [0.25, 0.3) is 39.3 Å². The zero-order valence-corrected chi connectivity index (χ0v) is 14.3. The van der Waals surface area contributed by atoms with E-state index in [1.165, 1.54) is 19.2 Å². The van der Waals surface area contributed by atoms with Gasteiger partial charge in [0.2, 0.25) is 0 Å². The molecule has 1 N–H and O–H groups in total. The van der Waals surface area contributed by atoms with Gasteiger partial charge >= 0.3 is 0 Å². The van der Waals surface area contributed by atoms with Gasteiger partial charge in [-0.05, 0) is 24.3 Å². The van der Waals surface area contributed by atoms with Gasteiger partial charge in [0.15, 0.2) is 5.82 Å². The fourth-order valence-electron chi connectivity index (χ4n) is 3.25. The summed E-state index contributed by atoms with van der Waals surface area (Å²) < 4.78 is 20.6. The number of aromatic nitrogens is 5. The second kappa shape index (κ2) is 5.91. The highest BCUT2D eigenvalue weighted by molar-refractivity contribution is 5.93. The van der Waals surface area contributed by atoms with E-state index in [0.717, 1.165) is 22.2 Å². The lowest BCUT2D eigenvalue weighted by atomic mass is 10.1. The number of fused-ring (bicyclic) bond motifs is 2. The zero-order valence-electron chi connectivity index (χ0n) is 14.3. The summed E-state index contributed by atoms with van der Waals surface area (Å²) >= 11 is 0. The maximum absolute atomic E-state index is 13.6. The Kier molecular flexibility index (Phi) is 3.39. The Hall–Kier alpha value is -3.74. The van der Waals surface area contributed by atoms with Crippen LogP contribution in [0, 0.1) is 5.82 Å². The molecule has 0 spiro atoms. The van der Waals surface area contributed by atoms with E-state index < -0.39 is 0 Å². The van der Waals surface area contributed by atoms with Crippen LogP contribution in [0.2, 0.25) is 0 Å².